The second-order valence-electron chi connectivity index (χ2n) is 3.91. The molecule has 0 unspecified atom stereocenters. The monoisotopic (exact) mass is 250 g/mol. The molecule has 0 radical (unpaired) electrons. The number of rotatable bonds is 6. The van der Waals surface area contributed by atoms with Crippen LogP contribution in [0.2, 0.25) is 0 Å². The van der Waals surface area contributed by atoms with Gasteiger partial charge in [-0.2, -0.15) is 0 Å². The topological polar surface area (TPSA) is 52.6 Å². The van der Waals surface area contributed by atoms with Crippen LogP contribution in [0.25, 0.3) is 0 Å². The summed E-state index contributed by atoms with van der Waals surface area (Å²) in [5.41, 5.74) is 1.48. The largest absolute Gasteiger partial charge is 0.497 e. The van der Waals surface area contributed by atoms with E-state index < -0.39 is 0 Å². The number of carbonyl (C=O) groups is 2. The van der Waals surface area contributed by atoms with Gasteiger partial charge < -0.3 is 9.47 Å². The Kier molecular flexibility index (Phi) is 5.36. The van der Waals surface area contributed by atoms with E-state index in [1.165, 1.54) is 0 Å². The highest BCUT2D eigenvalue weighted by atomic mass is 16.5. The molecule has 4 heteroatoms. The summed E-state index contributed by atoms with van der Waals surface area (Å²) in [5, 5.41) is 0. The number of benzene rings is 1. The number of Topliss-reactive ketones (excluding diaryl/α,β-unsaturated/α-hetero) is 1. The lowest BCUT2D eigenvalue weighted by Gasteiger charge is -2.07. The fourth-order valence-corrected chi connectivity index (χ4v) is 1.66. The van der Waals surface area contributed by atoms with Crippen molar-refractivity contribution in [1.29, 1.82) is 0 Å². The van der Waals surface area contributed by atoms with Crippen LogP contribution < -0.4 is 4.74 Å². The zero-order valence-corrected chi connectivity index (χ0v) is 11.0. The molecule has 4 nitrogen and oxygen atoms in total. The summed E-state index contributed by atoms with van der Waals surface area (Å²) in [7, 11) is 1.58. The number of methoxy groups -OCH3 is 1. The van der Waals surface area contributed by atoms with Gasteiger partial charge in [0.1, 0.15) is 5.75 Å². The number of aryl methyl sites for hydroxylation is 1. The van der Waals surface area contributed by atoms with Crippen molar-refractivity contribution in [2.45, 2.75) is 26.7 Å². The Balaban J connectivity index is 2.64. The number of ether oxygens (including phenoxy) is 2. The van der Waals surface area contributed by atoms with Gasteiger partial charge in [-0.1, -0.05) is 0 Å². The second kappa shape index (κ2) is 6.79. The van der Waals surface area contributed by atoms with E-state index in [1.807, 2.05) is 6.92 Å². The molecule has 0 spiro atoms. The molecule has 1 aromatic rings. The molecule has 0 fully saturated rings. The van der Waals surface area contributed by atoms with E-state index >= 15 is 0 Å². The fourth-order valence-electron chi connectivity index (χ4n) is 1.66. The molecular formula is C14H18O4. The lowest BCUT2D eigenvalue weighted by atomic mass is 10.0. The molecule has 0 aliphatic heterocycles. The number of hydrogen-bond acceptors (Lipinski definition) is 4. The van der Waals surface area contributed by atoms with Crippen LogP contribution >= 0.6 is 0 Å². The van der Waals surface area contributed by atoms with Crippen LogP contribution in [-0.2, 0) is 9.53 Å². The minimum Gasteiger partial charge on any atom is -0.497 e. The van der Waals surface area contributed by atoms with Gasteiger partial charge in [-0.25, -0.2) is 0 Å². The van der Waals surface area contributed by atoms with Gasteiger partial charge in [0.25, 0.3) is 0 Å². The third kappa shape index (κ3) is 3.87. The van der Waals surface area contributed by atoms with Gasteiger partial charge in [0, 0.05) is 12.0 Å². The van der Waals surface area contributed by atoms with Crippen molar-refractivity contribution in [2.24, 2.45) is 0 Å². The number of carbonyl (C=O) groups excluding carboxylic acids is 2. The summed E-state index contributed by atoms with van der Waals surface area (Å²) in [6.45, 7) is 3.93. The Morgan fingerprint density at radius 2 is 1.94 bits per heavy atom. The first-order chi connectivity index (χ1) is 8.58. The average Bonchev–Trinajstić information content (AvgIpc) is 2.36. The minimum absolute atomic E-state index is 0.0526. The van der Waals surface area contributed by atoms with Gasteiger partial charge in [-0.3, -0.25) is 9.59 Å². The van der Waals surface area contributed by atoms with Crippen LogP contribution in [0.15, 0.2) is 18.2 Å². The number of hydrogen-bond donors (Lipinski definition) is 0. The molecule has 0 saturated carbocycles. The summed E-state index contributed by atoms with van der Waals surface area (Å²) >= 11 is 0. The molecule has 0 bridgehead atoms. The van der Waals surface area contributed by atoms with Crippen molar-refractivity contribution in [3.05, 3.63) is 29.3 Å². The summed E-state index contributed by atoms with van der Waals surface area (Å²) in [4.78, 5) is 23.1. The summed E-state index contributed by atoms with van der Waals surface area (Å²) < 4.78 is 9.86. The van der Waals surface area contributed by atoms with Gasteiger partial charge in [-0.05, 0) is 37.6 Å². The van der Waals surface area contributed by atoms with Crippen LogP contribution in [0.4, 0.5) is 0 Å². The molecule has 0 aliphatic carbocycles. The quantitative estimate of drug-likeness (QED) is 0.575. The molecule has 0 aromatic heterocycles. The average molecular weight is 250 g/mol. The molecule has 1 rings (SSSR count). The summed E-state index contributed by atoms with van der Waals surface area (Å²) in [6.07, 6.45) is 0.296. The van der Waals surface area contributed by atoms with E-state index in [4.69, 9.17) is 9.47 Å². The van der Waals surface area contributed by atoms with Gasteiger partial charge in [0.2, 0.25) is 0 Å². The molecule has 0 N–H and O–H groups in total. The van der Waals surface area contributed by atoms with Gasteiger partial charge in [-0.15, -0.1) is 0 Å². The Morgan fingerprint density at radius 1 is 1.22 bits per heavy atom. The first-order valence-corrected chi connectivity index (χ1v) is 5.92. The Hall–Kier alpha value is -1.84. The van der Waals surface area contributed by atoms with Crippen LogP contribution in [0, 0.1) is 6.92 Å². The Morgan fingerprint density at radius 3 is 2.50 bits per heavy atom. The van der Waals surface area contributed by atoms with Crippen LogP contribution in [0.3, 0.4) is 0 Å². The minimum atomic E-state index is -0.336. The smallest absolute Gasteiger partial charge is 0.306 e. The van der Waals surface area contributed by atoms with Gasteiger partial charge >= 0.3 is 5.97 Å². The fraction of sp³-hybridized carbons (Fsp3) is 0.429. The van der Waals surface area contributed by atoms with E-state index in [-0.39, 0.29) is 24.6 Å². The molecule has 0 amide bonds. The molecule has 18 heavy (non-hydrogen) atoms. The zero-order chi connectivity index (χ0) is 13.5. The second-order valence-corrected chi connectivity index (χ2v) is 3.91. The van der Waals surface area contributed by atoms with E-state index in [0.717, 1.165) is 11.3 Å². The number of esters is 1. The molecular weight excluding hydrogens is 232 g/mol. The Labute approximate surface area is 107 Å². The first-order valence-electron chi connectivity index (χ1n) is 5.92. The van der Waals surface area contributed by atoms with Crippen molar-refractivity contribution in [1.82, 2.24) is 0 Å². The first kappa shape index (κ1) is 14.2. The maximum atomic E-state index is 11.9. The predicted octanol–water partition coefficient (Wildman–Crippen LogP) is 2.53. The van der Waals surface area contributed by atoms with Crippen LogP contribution in [-0.4, -0.2) is 25.5 Å². The lowest BCUT2D eigenvalue weighted by molar-refractivity contribution is -0.143. The molecule has 0 saturated heterocycles. The lowest BCUT2D eigenvalue weighted by Crippen LogP contribution is -2.08. The van der Waals surface area contributed by atoms with Crippen LogP contribution in [0.5, 0.6) is 5.75 Å². The van der Waals surface area contributed by atoms with Crippen molar-refractivity contribution >= 4 is 11.8 Å². The predicted molar refractivity (Wildman–Crippen MR) is 67.9 cm³/mol. The third-order valence-electron chi connectivity index (χ3n) is 2.60. The molecule has 1 aromatic carbocycles. The molecule has 0 atom stereocenters. The highest BCUT2D eigenvalue weighted by Crippen LogP contribution is 2.18. The zero-order valence-electron chi connectivity index (χ0n) is 11.0. The van der Waals surface area contributed by atoms with Crippen LogP contribution in [0.1, 0.15) is 35.7 Å². The van der Waals surface area contributed by atoms with E-state index in [0.29, 0.717) is 12.2 Å². The summed E-state index contributed by atoms with van der Waals surface area (Å²) in [5.74, 6) is 0.328. The van der Waals surface area contributed by atoms with Crippen molar-refractivity contribution < 1.29 is 19.1 Å². The Bertz CT molecular complexity index is 437. The standard InChI is InChI=1S/C14H18O4/c1-4-18-14(16)8-7-13(15)12-6-5-11(17-3)9-10(12)2/h5-6,9H,4,7-8H2,1-3H3. The molecule has 0 heterocycles. The van der Waals surface area contributed by atoms with Gasteiger partial charge in [0.15, 0.2) is 5.78 Å². The maximum Gasteiger partial charge on any atom is 0.306 e. The summed E-state index contributed by atoms with van der Waals surface area (Å²) in [6, 6.07) is 5.27. The highest BCUT2D eigenvalue weighted by Gasteiger charge is 2.12. The molecule has 98 valence electrons. The van der Waals surface area contributed by atoms with E-state index in [1.54, 1.807) is 32.2 Å². The maximum absolute atomic E-state index is 11.9. The van der Waals surface area contributed by atoms with Gasteiger partial charge in [0.05, 0.1) is 20.1 Å². The van der Waals surface area contributed by atoms with Crippen molar-refractivity contribution in [3.63, 3.8) is 0 Å². The SMILES string of the molecule is CCOC(=O)CCC(=O)c1ccc(OC)cc1C. The highest BCUT2D eigenvalue weighted by molar-refractivity contribution is 5.98. The van der Waals surface area contributed by atoms with Crippen molar-refractivity contribution in [3.8, 4) is 5.75 Å². The molecule has 0 aliphatic rings. The number of ketones is 1. The third-order valence-corrected chi connectivity index (χ3v) is 2.60. The normalized spacial score (nSPS) is 9.94. The van der Waals surface area contributed by atoms with E-state index in [9.17, 15) is 9.59 Å². The van der Waals surface area contributed by atoms with Crippen molar-refractivity contribution in [2.75, 3.05) is 13.7 Å². The van der Waals surface area contributed by atoms with E-state index in [2.05, 4.69) is 0 Å².